The minimum atomic E-state index is -0.404. The molecule has 0 atom stereocenters. The van der Waals surface area contributed by atoms with Gasteiger partial charge in [0.1, 0.15) is 12.5 Å². The van der Waals surface area contributed by atoms with Crippen molar-refractivity contribution in [2.24, 2.45) is 0 Å². The van der Waals surface area contributed by atoms with Crippen LogP contribution < -0.4 is 9.62 Å². The Morgan fingerprint density at radius 1 is 1.12 bits per heavy atom. The topological polar surface area (TPSA) is 80.1 Å². The molecule has 1 aliphatic rings. The molecule has 1 saturated carbocycles. The molecule has 1 aliphatic carbocycles. The van der Waals surface area contributed by atoms with E-state index in [9.17, 15) is 4.79 Å². The van der Waals surface area contributed by atoms with E-state index < -0.39 is 5.54 Å². The van der Waals surface area contributed by atoms with Crippen LogP contribution in [0.1, 0.15) is 55.1 Å². The van der Waals surface area contributed by atoms with Crippen molar-refractivity contribution in [3.8, 4) is 11.1 Å². The standard InChI is InChI=1S/C31H42N4O4S/c1-7-38-20-25-18-24(19-32-30(36)31(34(4)5)16-10-11-17-31)14-15-26(25)27-12-8-9-13-28(27)40-35(21-37-6)29-22(2)23(3)39-33-29/h8-9,12-15,18H,7,10-11,16-17,19-21H2,1-6H3,(H,32,36). The Bertz CT molecular complexity index is 1290. The molecule has 1 aromatic heterocycles. The van der Waals surface area contributed by atoms with Crippen molar-refractivity contribution in [3.05, 3.63) is 64.9 Å². The Morgan fingerprint density at radius 2 is 1.88 bits per heavy atom. The quantitative estimate of drug-likeness (QED) is 0.196. The van der Waals surface area contributed by atoms with Crippen LogP contribution in [0.5, 0.6) is 0 Å². The van der Waals surface area contributed by atoms with Gasteiger partial charge in [-0.15, -0.1) is 0 Å². The SMILES string of the molecule is CCOCc1cc(CNC(=O)C2(N(C)C)CCCC2)ccc1-c1ccccc1SN(COC)c1noc(C)c1C. The summed E-state index contributed by atoms with van der Waals surface area (Å²) in [5, 5.41) is 7.49. The Labute approximate surface area is 242 Å². The Kier molecular flexibility index (Phi) is 10.3. The summed E-state index contributed by atoms with van der Waals surface area (Å²) in [5.74, 6) is 1.65. The van der Waals surface area contributed by atoms with Crippen LogP contribution in [0.2, 0.25) is 0 Å². The van der Waals surface area contributed by atoms with E-state index in [1.54, 1.807) is 19.1 Å². The first kappa shape index (κ1) is 30.1. The highest BCUT2D eigenvalue weighted by Gasteiger charge is 2.42. The van der Waals surface area contributed by atoms with Crippen molar-refractivity contribution in [2.45, 2.75) is 70.0 Å². The Hall–Kier alpha value is -2.85. The lowest BCUT2D eigenvalue weighted by Gasteiger charge is -2.34. The second-order valence-corrected chi connectivity index (χ2v) is 11.6. The molecule has 8 nitrogen and oxygen atoms in total. The van der Waals surface area contributed by atoms with Crippen LogP contribution in [0, 0.1) is 13.8 Å². The second kappa shape index (κ2) is 13.7. The van der Waals surface area contributed by atoms with E-state index in [2.05, 4.69) is 45.7 Å². The largest absolute Gasteiger partial charge is 0.377 e. The molecule has 0 spiro atoms. The summed E-state index contributed by atoms with van der Waals surface area (Å²) in [5.41, 5.74) is 4.90. The van der Waals surface area contributed by atoms with Crippen LogP contribution in [-0.2, 0) is 27.4 Å². The maximum absolute atomic E-state index is 13.3. The average Bonchev–Trinajstić information content (AvgIpc) is 3.59. The number of anilines is 1. The predicted octanol–water partition coefficient (Wildman–Crippen LogP) is 6.10. The zero-order valence-corrected chi connectivity index (χ0v) is 25.4. The van der Waals surface area contributed by atoms with Gasteiger partial charge in [0.2, 0.25) is 5.91 Å². The molecular formula is C31H42N4O4S. The molecule has 3 aromatic rings. The molecule has 0 bridgehead atoms. The molecule has 0 radical (unpaired) electrons. The summed E-state index contributed by atoms with van der Waals surface area (Å²) in [6.07, 6.45) is 3.99. The number of carbonyl (C=O) groups is 1. The van der Waals surface area contributed by atoms with Crippen LogP contribution in [0.3, 0.4) is 0 Å². The van der Waals surface area contributed by atoms with Gasteiger partial charge in [0, 0.05) is 30.7 Å². The van der Waals surface area contributed by atoms with Crippen molar-refractivity contribution in [1.82, 2.24) is 15.4 Å². The highest BCUT2D eigenvalue weighted by molar-refractivity contribution is 8.00. The minimum absolute atomic E-state index is 0.115. The average molecular weight is 567 g/mol. The summed E-state index contributed by atoms with van der Waals surface area (Å²) >= 11 is 1.57. The first-order valence-electron chi connectivity index (χ1n) is 13.9. The van der Waals surface area contributed by atoms with Crippen molar-refractivity contribution >= 4 is 23.7 Å². The molecule has 1 heterocycles. The van der Waals surface area contributed by atoms with E-state index in [-0.39, 0.29) is 5.91 Å². The number of amides is 1. The first-order chi connectivity index (χ1) is 19.3. The van der Waals surface area contributed by atoms with Gasteiger partial charge >= 0.3 is 0 Å². The second-order valence-electron chi connectivity index (χ2n) is 10.5. The van der Waals surface area contributed by atoms with Gasteiger partial charge in [0.25, 0.3) is 0 Å². The van der Waals surface area contributed by atoms with Crippen molar-refractivity contribution in [2.75, 3.05) is 38.8 Å². The van der Waals surface area contributed by atoms with Gasteiger partial charge in [-0.1, -0.05) is 54.4 Å². The number of nitrogens with zero attached hydrogens (tertiary/aromatic N) is 3. The molecule has 2 aromatic carbocycles. The molecular weight excluding hydrogens is 524 g/mol. The number of benzene rings is 2. The van der Waals surface area contributed by atoms with E-state index in [0.717, 1.165) is 70.0 Å². The van der Waals surface area contributed by atoms with Gasteiger partial charge < -0.3 is 19.3 Å². The number of hydrogen-bond donors (Lipinski definition) is 1. The van der Waals surface area contributed by atoms with E-state index in [1.165, 1.54) is 0 Å². The van der Waals surface area contributed by atoms with Gasteiger partial charge in [0.15, 0.2) is 5.82 Å². The molecule has 0 saturated heterocycles. The predicted molar refractivity (Wildman–Crippen MR) is 160 cm³/mol. The number of aromatic nitrogens is 1. The molecule has 0 unspecified atom stereocenters. The summed E-state index contributed by atoms with van der Waals surface area (Å²) in [6, 6.07) is 14.7. The fourth-order valence-corrected chi connectivity index (χ4v) is 6.38. The zero-order chi connectivity index (χ0) is 28.7. The van der Waals surface area contributed by atoms with Crippen LogP contribution in [-0.4, -0.2) is 56.0 Å². The van der Waals surface area contributed by atoms with E-state index in [0.29, 0.717) is 26.5 Å². The lowest BCUT2D eigenvalue weighted by atomic mass is 9.94. The number of likely N-dealkylation sites (N-methyl/N-ethyl adjacent to an activating group) is 1. The van der Waals surface area contributed by atoms with Gasteiger partial charge in [-0.25, -0.2) is 0 Å². The highest BCUT2D eigenvalue weighted by Crippen LogP contribution is 2.39. The molecule has 1 fully saturated rings. The Morgan fingerprint density at radius 3 is 2.52 bits per heavy atom. The van der Waals surface area contributed by atoms with Crippen LogP contribution in [0.25, 0.3) is 11.1 Å². The lowest BCUT2D eigenvalue weighted by Crippen LogP contribution is -2.54. The van der Waals surface area contributed by atoms with Gasteiger partial charge in [0.05, 0.1) is 12.1 Å². The molecule has 40 heavy (non-hydrogen) atoms. The van der Waals surface area contributed by atoms with E-state index in [4.69, 9.17) is 14.0 Å². The third kappa shape index (κ3) is 6.54. The van der Waals surface area contributed by atoms with Gasteiger partial charge in [-0.2, -0.15) is 0 Å². The number of aryl methyl sites for hydroxylation is 1. The van der Waals surface area contributed by atoms with Gasteiger partial charge in [-0.3, -0.25) is 14.0 Å². The highest BCUT2D eigenvalue weighted by atomic mass is 32.2. The summed E-state index contributed by atoms with van der Waals surface area (Å²) in [7, 11) is 5.69. The number of carbonyl (C=O) groups excluding carboxylic acids is 1. The normalized spacial score (nSPS) is 14.6. The van der Waals surface area contributed by atoms with Crippen LogP contribution in [0.4, 0.5) is 5.82 Å². The fourth-order valence-electron chi connectivity index (χ4n) is 5.31. The minimum Gasteiger partial charge on any atom is -0.377 e. The monoisotopic (exact) mass is 566 g/mol. The number of ether oxygens (including phenoxy) is 2. The number of rotatable bonds is 13. The van der Waals surface area contributed by atoms with Crippen molar-refractivity contribution in [1.29, 1.82) is 0 Å². The zero-order valence-electron chi connectivity index (χ0n) is 24.6. The molecule has 9 heteroatoms. The first-order valence-corrected chi connectivity index (χ1v) is 14.7. The number of methoxy groups -OCH3 is 1. The molecule has 1 amide bonds. The number of hydrogen-bond acceptors (Lipinski definition) is 8. The smallest absolute Gasteiger partial charge is 0.240 e. The fraction of sp³-hybridized carbons (Fsp3) is 0.484. The van der Waals surface area contributed by atoms with Crippen molar-refractivity contribution in [3.63, 3.8) is 0 Å². The summed E-state index contributed by atoms with van der Waals surface area (Å²) < 4.78 is 18.8. The molecule has 0 aliphatic heterocycles. The maximum Gasteiger partial charge on any atom is 0.240 e. The maximum atomic E-state index is 13.3. The Balaban J connectivity index is 1.61. The van der Waals surface area contributed by atoms with Gasteiger partial charge in [-0.05, 0) is 88.0 Å². The summed E-state index contributed by atoms with van der Waals surface area (Å²) in [6.45, 7) is 7.85. The van der Waals surface area contributed by atoms with E-state index in [1.807, 2.05) is 51.3 Å². The molecule has 1 N–H and O–H groups in total. The lowest BCUT2D eigenvalue weighted by molar-refractivity contribution is -0.132. The van der Waals surface area contributed by atoms with Crippen LogP contribution in [0.15, 0.2) is 51.9 Å². The third-order valence-electron chi connectivity index (χ3n) is 7.79. The van der Waals surface area contributed by atoms with E-state index >= 15 is 0 Å². The number of nitrogens with one attached hydrogen (secondary N) is 1. The van der Waals surface area contributed by atoms with Crippen molar-refractivity contribution < 1.29 is 18.8 Å². The third-order valence-corrected chi connectivity index (χ3v) is 8.85. The van der Waals surface area contributed by atoms with Crippen LogP contribution >= 0.6 is 11.9 Å². The molecule has 216 valence electrons. The summed E-state index contributed by atoms with van der Waals surface area (Å²) in [4.78, 5) is 16.4. The molecule has 4 rings (SSSR count).